The van der Waals surface area contributed by atoms with Crippen LogP contribution in [0.2, 0.25) is 0 Å². The lowest BCUT2D eigenvalue weighted by Crippen LogP contribution is -2.68. The molecule has 27 heavy (non-hydrogen) atoms. The van der Waals surface area contributed by atoms with E-state index < -0.39 is 0 Å². The van der Waals surface area contributed by atoms with Gasteiger partial charge in [-0.1, -0.05) is 32.0 Å². The summed E-state index contributed by atoms with van der Waals surface area (Å²) in [5.74, 6) is 1.58. The van der Waals surface area contributed by atoms with E-state index in [9.17, 15) is 4.79 Å². The van der Waals surface area contributed by atoms with Crippen LogP contribution in [0.25, 0.3) is 0 Å². The predicted molar refractivity (Wildman–Crippen MR) is 118 cm³/mol. The second-order valence-corrected chi connectivity index (χ2v) is 8.18. The minimum atomic E-state index is 0. The molecule has 0 radical (unpaired) electrons. The first-order valence-corrected chi connectivity index (χ1v) is 9.48. The monoisotopic (exact) mass is 484 g/mol. The van der Waals surface area contributed by atoms with Gasteiger partial charge in [0.05, 0.1) is 6.10 Å². The maximum Gasteiger partial charge on any atom is 0.225 e. The number of carbonyl (C=O) groups excluding carboxylic acids is 1. The van der Waals surface area contributed by atoms with Gasteiger partial charge in [0.15, 0.2) is 5.96 Å². The number of halogens is 1. The standard InChI is InChI=1S/C20H28N4O2.HI/c1-20(2)17(14-8-9-26-18(14)20)24-19(21-3)22-11-12-10-16(25)23-15-7-5-4-6-13(12)15;/h4-7,12,14,17-18H,8-11H2,1-3H3,(H,23,25)(H2,21,22,24);1H. The van der Waals surface area contributed by atoms with Crippen LogP contribution in [0.4, 0.5) is 5.69 Å². The van der Waals surface area contributed by atoms with Gasteiger partial charge in [-0.25, -0.2) is 0 Å². The Hall–Kier alpha value is -1.35. The number of para-hydroxylation sites is 1. The minimum Gasteiger partial charge on any atom is -0.377 e. The highest BCUT2D eigenvalue weighted by Gasteiger charge is 2.59. The Bertz CT molecular complexity index is 736. The van der Waals surface area contributed by atoms with Crippen LogP contribution in [0.3, 0.4) is 0 Å². The summed E-state index contributed by atoms with van der Waals surface area (Å²) in [7, 11) is 1.80. The third-order valence-electron chi connectivity index (χ3n) is 6.24. The molecule has 1 amide bonds. The van der Waals surface area contributed by atoms with Crippen molar-refractivity contribution in [2.45, 2.75) is 44.8 Å². The molecule has 3 aliphatic rings. The van der Waals surface area contributed by atoms with Crippen LogP contribution in [0.15, 0.2) is 29.3 Å². The van der Waals surface area contributed by atoms with Crippen molar-refractivity contribution in [3.8, 4) is 0 Å². The molecule has 1 aromatic carbocycles. The van der Waals surface area contributed by atoms with Crippen molar-refractivity contribution in [3.63, 3.8) is 0 Å². The number of nitrogens with zero attached hydrogens (tertiary/aromatic N) is 1. The lowest BCUT2D eigenvalue weighted by atomic mass is 9.57. The normalized spacial score (nSPS) is 30.9. The molecule has 4 atom stereocenters. The van der Waals surface area contributed by atoms with E-state index in [2.05, 4.69) is 40.9 Å². The Kier molecular flexibility index (Phi) is 6.00. The number of hydrogen-bond acceptors (Lipinski definition) is 3. The summed E-state index contributed by atoms with van der Waals surface area (Å²) in [5, 5.41) is 9.98. The minimum absolute atomic E-state index is 0. The molecule has 0 spiro atoms. The van der Waals surface area contributed by atoms with Crippen molar-refractivity contribution in [2.24, 2.45) is 16.3 Å². The number of benzene rings is 1. The number of aliphatic imine (C=N–C) groups is 1. The van der Waals surface area contributed by atoms with E-state index in [0.717, 1.165) is 24.7 Å². The van der Waals surface area contributed by atoms with E-state index in [1.165, 1.54) is 5.56 Å². The van der Waals surface area contributed by atoms with Gasteiger partial charge in [-0.2, -0.15) is 0 Å². The van der Waals surface area contributed by atoms with E-state index in [4.69, 9.17) is 4.74 Å². The molecule has 0 bridgehead atoms. The highest BCUT2D eigenvalue weighted by Crippen LogP contribution is 2.52. The van der Waals surface area contributed by atoms with Gasteiger partial charge in [0.1, 0.15) is 0 Å². The number of guanidine groups is 1. The summed E-state index contributed by atoms with van der Waals surface area (Å²) in [6.07, 6.45) is 1.96. The fourth-order valence-corrected chi connectivity index (χ4v) is 4.86. The largest absolute Gasteiger partial charge is 0.377 e. The van der Waals surface area contributed by atoms with E-state index >= 15 is 0 Å². The average Bonchev–Trinajstić information content (AvgIpc) is 3.08. The maximum absolute atomic E-state index is 12.0. The fraction of sp³-hybridized carbons (Fsp3) is 0.600. The first kappa shape index (κ1) is 20.4. The maximum atomic E-state index is 12.0. The zero-order valence-electron chi connectivity index (χ0n) is 16.1. The molecule has 6 nitrogen and oxygen atoms in total. The van der Waals surface area contributed by atoms with Gasteiger partial charge in [0, 0.05) is 55.6 Å². The highest BCUT2D eigenvalue weighted by molar-refractivity contribution is 14.0. The molecule has 0 aromatic heterocycles. The molecular formula is C20H29IN4O2. The summed E-state index contributed by atoms with van der Waals surface area (Å²) < 4.78 is 5.87. The van der Waals surface area contributed by atoms with E-state index in [0.29, 0.717) is 31.0 Å². The number of carbonyl (C=O) groups is 1. The summed E-state index contributed by atoms with van der Waals surface area (Å²) in [4.78, 5) is 16.4. The molecule has 7 heteroatoms. The Balaban J connectivity index is 0.00000210. The van der Waals surface area contributed by atoms with Crippen molar-refractivity contribution in [1.82, 2.24) is 10.6 Å². The Morgan fingerprint density at radius 1 is 1.37 bits per heavy atom. The number of ether oxygens (including phenoxy) is 1. The van der Waals surface area contributed by atoms with Crippen LogP contribution in [0.1, 0.15) is 38.2 Å². The Labute approximate surface area is 177 Å². The Morgan fingerprint density at radius 2 is 2.15 bits per heavy atom. The molecule has 1 saturated carbocycles. The van der Waals surface area contributed by atoms with Crippen molar-refractivity contribution in [1.29, 1.82) is 0 Å². The van der Waals surface area contributed by atoms with E-state index in [1.54, 1.807) is 7.05 Å². The Morgan fingerprint density at radius 3 is 2.93 bits per heavy atom. The molecule has 1 saturated heterocycles. The van der Waals surface area contributed by atoms with Gasteiger partial charge in [-0.05, 0) is 18.1 Å². The number of hydrogen-bond donors (Lipinski definition) is 3. The van der Waals surface area contributed by atoms with Crippen LogP contribution in [0.5, 0.6) is 0 Å². The number of anilines is 1. The first-order chi connectivity index (χ1) is 12.5. The van der Waals surface area contributed by atoms with Gasteiger partial charge in [-0.3, -0.25) is 9.79 Å². The van der Waals surface area contributed by atoms with Crippen molar-refractivity contribution in [3.05, 3.63) is 29.8 Å². The van der Waals surface area contributed by atoms with Gasteiger partial charge < -0.3 is 20.7 Å². The average molecular weight is 484 g/mol. The highest BCUT2D eigenvalue weighted by atomic mass is 127. The molecule has 4 unspecified atom stereocenters. The smallest absolute Gasteiger partial charge is 0.225 e. The number of fused-ring (bicyclic) bond motifs is 2. The second-order valence-electron chi connectivity index (χ2n) is 8.18. The van der Waals surface area contributed by atoms with Gasteiger partial charge in [0.25, 0.3) is 0 Å². The molecule has 3 N–H and O–H groups in total. The molecule has 148 valence electrons. The summed E-state index contributed by atoms with van der Waals surface area (Å²) in [6.45, 7) is 6.05. The van der Waals surface area contributed by atoms with Crippen LogP contribution < -0.4 is 16.0 Å². The van der Waals surface area contributed by atoms with Crippen LogP contribution in [0, 0.1) is 11.3 Å². The predicted octanol–water partition coefficient (Wildman–Crippen LogP) is 2.71. The molecule has 2 fully saturated rings. The van der Waals surface area contributed by atoms with Crippen LogP contribution >= 0.6 is 24.0 Å². The fourth-order valence-electron chi connectivity index (χ4n) is 4.86. The third-order valence-corrected chi connectivity index (χ3v) is 6.24. The van der Waals surface area contributed by atoms with Crippen molar-refractivity contribution in [2.75, 3.05) is 25.5 Å². The van der Waals surface area contributed by atoms with Gasteiger partial charge >= 0.3 is 0 Å². The number of rotatable bonds is 3. The zero-order valence-corrected chi connectivity index (χ0v) is 18.4. The van der Waals surface area contributed by atoms with E-state index in [1.807, 2.05) is 18.2 Å². The third kappa shape index (κ3) is 3.68. The van der Waals surface area contributed by atoms with Gasteiger partial charge in [0.2, 0.25) is 5.91 Å². The summed E-state index contributed by atoms with van der Waals surface area (Å²) in [6, 6.07) is 8.39. The van der Waals surface area contributed by atoms with Crippen LogP contribution in [-0.2, 0) is 9.53 Å². The van der Waals surface area contributed by atoms with Gasteiger partial charge in [-0.15, -0.1) is 24.0 Å². The quantitative estimate of drug-likeness (QED) is 0.351. The van der Waals surface area contributed by atoms with Crippen LogP contribution in [-0.4, -0.2) is 44.2 Å². The summed E-state index contributed by atoms with van der Waals surface area (Å²) >= 11 is 0. The molecular weight excluding hydrogens is 455 g/mol. The number of amides is 1. The van der Waals surface area contributed by atoms with Crippen molar-refractivity contribution < 1.29 is 9.53 Å². The molecule has 1 aliphatic carbocycles. The topological polar surface area (TPSA) is 74.8 Å². The lowest BCUT2D eigenvalue weighted by molar-refractivity contribution is -0.116. The second kappa shape index (κ2) is 7.95. The van der Waals surface area contributed by atoms with Crippen molar-refractivity contribution >= 4 is 41.5 Å². The summed E-state index contributed by atoms with van der Waals surface area (Å²) in [5.41, 5.74) is 2.21. The zero-order chi connectivity index (χ0) is 18.3. The molecule has 1 aromatic rings. The molecule has 4 rings (SSSR count). The van der Waals surface area contributed by atoms with E-state index in [-0.39, 0.29) is 41.2 Å². The molecule has 2 aliphatic heterocycles. The SMILES string of the molecule is CN=C(NCC1CC(=O)Nc2ccccc21)NC1C2CCOC2C1(C)C.I. The lowest BCUT2D eigenvalue weighted by Gasteiger charge is -2.55. The first-order valence-electron chi connectivity index (χ1n) is 9.48. The number of nitrogens with one attached hydrogen (secondary N) is 3. The molecule has 2 heterocycles.